The van der Waals surface area contributed by atoms with Crippen molar-refractivity contribution in [2.75, 3.05) is 79.8 Å². The van der Waals surface area contributed by atoms with E-state index in [1.54, 1.807) is 35.4 Å². The first-order valence-electron chi connectivity index (χ1n) is 13.0. The number of hydrogen-bond donors (Lipinski definition) is 2. The van der Waals surface area contributed by atoms with Crippen molar-refractivity contribution in [1.29, 1.82) is 0 Å². The lowest BCUT2D eigenvalue weighted by Gasteiger charge is -2.35. The van der Waals surface area contributed by atoms with Crippen molar-refractivity contribution in [3.8, 4) is 0 Å². The van der Waals surface area contributed by atoms with Crippen LogP contribution < -0.4 is 20.4 Å². The fraction of sp³-hybridized carbons (Fsp3) is 0.357. The number of nitrogens with one attached hydrogen (secondary N) is 2. The van der Waals surface area contributed by atoms with Crippen LogP contribution in [0.4, 0.5) is 33.6 Å². The minimum absolute atomic E-state index is 0.00111. The van der Waals surface area contributed by atoms with Gasteiger partial charge < -0.3 is 30.2 Å². The van der Waals surface area contributed by atoms with Gasteiger partial charge in [0.25, 0.3) is 0 Å². The van der Waals surface area contributed by atoms with Gasteiger partial charge in [-0.1, -0.05) is 0 Å². The maximum absolute atomic E-state index is 12.7. The summed E-state index contributed by atoms with van der Waals surface area (Å²) in [7, 11) is 2.16. The second-order valence-corrected chi connectivity index (χ2v) is 9.74. The molecule has 38 heavy (non-hydrogen) atoms. The molecule has 3 heterocycles. The molecule has 0 saturated carbocycles. The lowest BCUT2D eigenvalue weighted by Crippen LogP contribution is -2.50. The summed E-state index contributed by atoms with van der Waals surface area (Å²) < 4.78 is 0. The zero-order valence-electron chi connectivity index (χ0n) is 21.9. The lowest BCUT2D eigenvalue weighted by atomic mass is 10.1. The van der Waals surface area contributed by atoms with Crippen LogP contribution in [0.2, 0.25) is 0 Å². The minimum Gasteiger partial charge on any atom is -0.369 e. The van der Waals surface area contributed by atoms with Gasteiger partial charge in [0.15, 0.2) is 5.78 Å². The van der Waals surface area contributed by atoms with Crippen LogP contribution >= 0.6 is 0 Å². The number of carbonyl (C=O) groups is 2. The molecule has 0 radical (unpaired) electrons. The van der Waals surface area contributed by atoms with E-state index in [1.165, 1.54) is 12.6 Å². The Bertz CT molecular complexity index is 1250. The van der Waals surface area contributed by atoms with Crippen LogP contribution in [-0.4, -0.2) is 91.0 Å². The Hall–Kier alpha value is -4.18. The van der Waals surface area contributed by atoms with Crippen LogP contribution in [0.15, 0.2) is 60.8 Å². The van der Waals surface area contributed by atoms with Crippen molar-refractivity contribution >= 4 is 40.6 Å². The molecule has 2 saturated heterocycles. The number of piperazine rings is 2. The Morgan fingerprint density at radius 2 is 1.39 bits per heavy atom. The van der Waals surface area contributed by atoms with Gasteiger partial charge in [-0.3, -0.25) is 4.79 Å². The van der Waals surface area contributed by atoms with Gasteiger partial charge in [0.2, 0.25) is 5.95 Å². The first-order chi connectivity index (χ1) is 18.4. The summed E-state index contributed by atoms with van der Waals surface area (Å²) in [5.74, 6) is 1.38. The number of amides is 2. The van der Waals surface area contributed by atoms with Gasteiger partial charge in [-0.15, -0.1) is 0 Å². The number of urea groups is 1. The Morgan fingerprint density at radius 1 is 0.763 bits per heavy atom. The smallest absolute Gasteiger partial charge is 0.321 e. The topological polar surface area (TPSA) is 96.9 Å². The van der Waals surface area contributed by atoms with Gasteiger partial charge in [-0.2, -0.15) is 4.98 Å². The fourth-order valence-corrected chi connectivity index (χ4v) is 4.66. The van der Waals surface area contributed by atoms with Crippen molar-refractivity contribution in [2.24, 2.45) is 0 Å². The molecule has 0 aliphatic carbocycles. The molecule has 198 valence electrons. The second-order valence-electron chi connectivity index (χ2n) is 9.74. The third kappa shape index (κ3) is 6.20. The molecule has 2 N–H and O–H groups in total. The third-order valence-electron chi connectivity index (χ3n) is 7.07. The summed E-state index contributed by atoms with van der Waals surface area (Å²) in [6.07, 6.45) is 1.76. The summed E-state index contributed by atoms with van der Waals surface area (Å²) in [6, 6.07) is 17.1. The highest BCUT2D eigenvalue weighted by Gasteiger charge is 2.22. The standard InChI is InChI=1S/C28H34N8O2/c1-21(37)22-3-5-24(6-4-22)31-28(38)36-19-17-35(18-20-36)26-11-12-29-27(32-26)30-23-7-9-25(10-8-23)34-15-13-33(2)14-16-34/h3-12H,13-20H2,1-2H3,(H,31,38)(H,29,30,32). The van der Waals surface area contributed by atoms with Crippen molar-refractivity contribution < 1.29 is 9.59 Å². The minimum atomic E-state index is -0.148. The Labute approximate surface area is 223 Å². The summed E-state index contributed by atoms with van der Waals surface area (Å²) in [5, 5.41) is 6.23. The number of Topliss-reactive ketones (excluding diaryl/α,β-unsaturated/α-hetero) is 1. The van der Waals surface area contributed by atoms with Gasteiger partial charge in [-0.25, -0.2) is 9.78 Å². The van der Waals surface area contributed by atoms with Crippen molar-refractivity contribution in [1.82, 2.24) is 19.8 Å². The summed E-state index contributed by atoms with van der Waals surface area (Å²) in [4.78, 5) is 42.0. The van der Waals surface area contributed by atoms with Gasteiger partial charge >= 0.3 is 6.03 Å². The van der Waals surface area contributed by atoms with Crippen molar-refractivity contribution in [3.05, 3.63) is 66.4 Å². The van der Waals surface area contributed by atoms with Crippen LogP contribution in [0.3, 0.4) is 0 Å². The van der Waals surface area contributed by atoms with E-state index >= 15 is 0 Å². The van der Waals surface area contributed by atoms with Gasteiger partial charge in [0, 0.05) is 81.2 Å². The van der Waals surface area contributed by atoms with Crippen LogP contribution in [0.25, 0.3) is 0 Å². The molecular formula is C28H34N8O2. The number of hydrogen-bond acceptors (Lipinski definition) is 8. The molecule has 10 heteroatoms. The highest BCUT2D eigenvalue weighted by Crippen LogP contribution is 2.22. The predicted octanol–water partition coefficient (Wildman–Crippen LogP) is 3.53. The Morgan fingerprint density at radius 3 is 2.05 bits per heavy atom. The number of likely N-dealkylation sites (N-methyl/N-ethyl adjacent to an activating group) is 1. The molecule has 5 rings (SSSR count). The van der Waals surface area contributed by atoms with E-state index in [2.05, 4.69) is 61.6 Å². The van der Waals surface area contributed by atoms with Crippen molar-refractivity contribution in [2.45, 2.75) is 6.92 Å². The highest BCUT2D eigenvalue weighted by atomic mass is 16.2. The van der Waals surface area contributed by atoms with E-state index in [0.29, 0.717) is 43.4 Å². The largest absolute Gasteiger partial charge is 0.369 e. The second kappa shape index (κ2) is 11.5. The van der Waals surface area contributed by atoms with E-state index in [9.17, 15) is 9.59 Å². The lowest BCUT2D eigenvalue weighted by molar-refractivity contribution is 0.101. The number of aromatic nitrogens is 2. The quantitative estimate of drug-likeness (QED) is 0.483. The van der Waals surface area contributed by atoms with Crippen LogP contribution in [0, 0.1) is 0 Å². The monoisotopic (exact) mass is 514 g/mol. The zero-order chi connectivity index (χ0) is 26.5. The molecule has 0 unspecified atom stereocenters. The molecule has 0 bridgehead atoms. The molecule has 2 aliphatic heterocycles. The number of nitrogens with zero attached hydrogens (tertiary/aromatic N) is 6. The number of ketones is 1. The number of carbonyl (C=O) groups excluding carboxylic acids is 2. The molecule has 0 atom stereocenters. The molecule has 1 aromatic heterocycles. The summed E-state index contributed by atoms with van der Waals surface area (Å²) in [5.41, 5.74) is 3.47. The maximum atomic E-state index is 12.7. The maximum Gasteiger partial charge on any atom is 0.321 e. The Kier molecular flexibility index (Phi) is 7.69. The SMILES string of the molecule is CC(=O)c1ccc(NC(=O)N2CCN(c3ccnc(Nc4ccc(N5CCN(C)CC5)cc4)n3)CC2)cc1. The third-order valence-corrected chi connectivity index (χ3v) is 7.07. The van der Waals surface area contributed by atoms with Gasteiger partial charge in [-0.05, 0) is 68.6 Å². The van der Waals surface area contributed by atoms with Gasteiger partial charge in [0.05, 0.1) is 0 Å². The molecule has 3 aromatic rings. The molecule has 10 nitrogen and oxygen atoms in total. The predicted molar refractivity (Wildman–Crippen MR) is 151 cm³/mol. The van der Waals surface area contributed by atoms with E-state index in [-0.39, 0.29) is 11.8 Å². The molecule has 2 aliphatic rings. The average molecular weight is 515 g/mol. The zero-order valence-corrected chi connectivity index (χ0v) is 21.9. The van der Waals surface area contributed by atoms with E-state index in [0.717, 1.165) is 37.7 Å². The molecular weight excluding hydrogens is 480 g/mol. The number of anilines is 5. The van der Waals surface area contributed by atoms with Crippen LogP contribution in [0.5, 0.6) is 0 Å². The molecule has 0 spiro atoms. The first-order valence-corrected chi connectivity index (χ1v) is 13.0. The summed E-state index contributed by atoms with van der Waals surface area (Å²) >= 11 is 0. The van der Waals surface area contributed by atoms with Crippen LogP contribution in [0.1, 0.15) is 17.3 Å². The summed E-state index contributed by atoms with van der Waals surface area (Å²) in [6.45, 7) is 8.27. The van der Waals surface area contributed by atoms with Crippen molar-refractivity contribution in [3.63, 3.8) is 0 Å². The van der Waals surface area contributed by atoms with E-state index in [1.807, 2.05) is 6.07 Å². The first kappa shape index (κ1) is 25.5. The normalized spacial score (nSPS) is 16.3. The number of rotatable bonds is 6. The van der Waals surface area contributed by atoms with E-state index < -0.39 is 0 Å². The molecule has 2 aromatic carbocycles. The highest BCUT2D eigenvalue weighted by molar-refractivity contribution is 5.95. The average Bonchev–Trinajstić information content (AvgIpc) is 2.94. The van der Waals surface area contributed by atoms with Gasteiger partial charge in [0.1, 0.15) is 5.82 Å². The fourth-order valence-electron chi connectivity index (χ4n) is 4.66. The van der Waals surface area contributed by atoms with E-state index in [4.69, 9.17) is 4.98 Å². The Balaban J connectivity index is 1.13. The molecule has 2 fully saturated rings. The number of benzene rings is 2. The molecule has 2 amide bonds. The van der Waals surface area contributed by atoms with Crippen LogP contribution in [-0.2, 0) is 0 Å².